The van der Waals surface area contributed by atoms with Gasteiger partial charge in [0, 0.05) is 17.6 Å². The van der Waals surface area contributed by atoms with Gasteiger partial charge in [-0.05, 0) is 24.5 Å². The summed E-state index contributed by atoms with van der Waals surface area (Å²) in [5.41, 5.74) is 1.15. The molecule has 0 saturated heterocycles. The lowest BCUT2D eigenvalue weighted by molar-refractivity contribution is -0.122. The molecule has 0 fully saturated rings. The van der Waals surface area contributed by atoms with E-state index in [0.29, 0.717) is 12.5 Å². The van der Waals surface area contributed by atoms with E-state index in [1.807, 2.05) is 31.2 Å². The average Bonchev–Trinajstić information content (AvgIpc) is 2.34. The molecule has 2 N–H and O–H groups in total. The number of hydrogen-bond donors (Lipinski definition) is 2. The van der Waals surface area contributed by atoms with Crippen molar-refractivity contribution < 1.29 is 4.79 Å². The summed E-state index contributed by atoms with van der Waals surface area (Å²) in [6, 6.07) is 7.82. The van der Waals surface area contributed by atoms with Crippen LogP contribution >= 0.6 is 15.9 Å². The van der Waals surface area contributed by atoms with Crippen LogP contribution in [-0.2, 0) is 11.3 Å². The van der Waals surface area contributed by atoms with Crippen molar-refractivity contribution in [3.8, 4) is 0 Å². The Kier molecular flexibility index (Phi) is 6.36. The highest BCUT2D eigenvalue weighted by molar-refractivity contribution is 9.10. The van der Waals surface area contributed by atoms with E-state index >= 15 is 0 Å². The van der Waals surface area contributed by atoms with Gasteiger partial charge >= 0.3 is 0 Å². The smallest absolute Gasteiger partial charge is 0.236 e. The third-order valence-electron chi connectivity index (χ3n) is 2.63. The van der Waals surface area contributed by atoms with E-state index in [9.17, 15) is 4.79 Å². The molecule has 0 saturated carbocycles. The van der Waals surface area contributed by atoms with Gasteiger partial charge in [0.15, 0.2) is 0 Å². The Morgan fingerprint density at radius 1 is 1.28 bits per heavy atom. The maximum atomic E-state index is 11.8. The van der Waals surface area contributed by atoms with Crippen molar-refractivity contribution in [3.63, 3.8) is 0 Å². The standard InChI is InChI=1S/C14H21BrN2O/c1-10(2)8-17-14(18)11(3)16-9-12-6-4-5-7-13(12)15/h4-7,10-11,16H,8-9H2,1-3H3,(H,17,18). The fraction of sp³-hybridized carbons (Fsp3) is 0.500. The lowest BCUT2D eigenvalue weighted by Gasteiger charge is -2.15. The van der Waals surface area contributed by atoms with Gasteiger partial charge in [0.25, 0.3) is 0 Å². The van der Waals surface area contributed by atoms with Crippen molar-refractivity contribution in [3.05, 3.63) is 34.3 Å². The molecule has 0 bridgehead atoms. The van der Waals surface area contributed by atoms with Crippen LogP contribution in [0.4, 0.5) is 0 Å². The Bertz CT molecular complexity index is 393. The average molecular weight is 313 g/mol. The molecule has 1 unspecified atom stereocenters. The minimum Gasteiger partial charge on any atom is -0.354 e. The van der Waals surface area contributed by atoms with E-state index in [0.717, 1.165) is 16.6 Å². The third kappa shape index (κ3) is 5.19. The summed E-state index contributed by atoms with van der Waals surface area (Å²) in [7, 11) is 0. The molecule has 1 aromatic rings. The quantitative estimate of drug-likeness (QED) is 0.848. The molecule has 100 valence electrons. The van der Waals surface area contributed by atoms with E-state index in [2.05, 4.69) is 40.4 Å². The van der Waals surface area contributed by atoms with Crippen molar-refractivity contribution >= 4 is 21.8 Å². The fourth-order valence-corrected chi connectivity index (χ4v) is 1.88. The van der Waals surface area contributed by atoms with Crippen molar-refractivity contribution in [2.24, 2.45) is 5.92 Å². The van der Waals surface area contributed by atoms with Crippen LogP contribution in [0.5, 0.6) is 0 Å². The van der Waals surface area contributed by atoms with Gasteiger partial charge in [-0.15, -0.1) is 0 Å². The predicted octanol–water partition coefficient (Wildman–Crippen LogP) is 2.70. The second-order valence-electron chi connectivity index (χ2n) is 4.83. The summed E-state index contributed by atoms with van der Waals surface area (Å²) in [6.45, 7) is 7.45. The maximum absolute atomic E-state index is 11.8. The van der Waals surface area contributed by atoms with E-state index in [4.69, 9.17) is 0 Å². The van der Waals surface area contributed by atoms with Gasteiger partial charge in [-0.2, -0.15) is 0 Å². The molecular formula is C14H21BrN2O. The lowest BCUT2D eigenvalue weighted by atomic mass is 10.2. The summed E-state index contributed by atoms with van der Waals surface area (Å²) in [5.74, 6) is 0.528. The largest absolute Gasteiger partial charge is 0.354 e. The van der Waals surface area contributed by atoms with Crippen molar-refractivity contribution in [1.82, 2.24) is 10.6 Å². The molecule has 0 heterocycles. The van der Waals surface area contributed by atoms with Gasteiger partial charge in [-0.25, -0.2) is 0 Å². The number of halogens is 1. The van der Waals surface area contributed by atoms with Crippen LogP contribution in [-0.4, -0.2) is 18.5 Å². The number of nitrogens with one attached hydrogen (secondary N) is 2. The third-order valence-corrected chi connectivity index (χ3v) is 3.41. The highest BCUT2D eigenvalue weighted by Crippen LogP contribution is 2.15. The Balaban J connectivity index is 2.39. The molecule has 18 heavy (non-hydrogen) atoms. The fourth-order valence-electron chi connectivity index (χ4n) is 1.46. The first-order valence-electron chi connectivity index (χ1n) is 6.25. The van der Waals surface area contributed by atoms with Crippen molar-refractivity contribution in [2.45, 2.75) is 33.4 Å². The number of carbonyl (C=O) groups is 1. The lowest BCUT2D eigenvalue weighted by Crippen LogP contribution is -2.43. The molecule has 0 spiro atoms. The van der Waals surface area contributed by atoms with E-state index in [1.165, 1.54) is 0 Å². The summed E-state index contributed by atoms with van der Waals surface area (Å²) in [5, 5.41) is 6.14. The van der Waals surface area contributed by atoms with Gasteiger partial charge < -0.3 is 10.6 Å². The van der Waals surface area contributed by atoms with Gasteiger partial charge in [0.1, 0.15) is 0 Å². The molecule has 3 nitrogen and oxygen atoms in total. The van der Waals surface area contributed by atoms with Crippen LogP contribution in [0, 0.1) is 5.92 Å². The first-order valence-corrected chi connectivity index (χ1v) is 7.04. The Labute approximate surface area is 117 Å². The first-order chi connectivity index (χ1) is 8.50. The summed E-state index contributed by atoms with van der Waals surface area (Å²) >= 11 is 3.49. The highest BCUT2D eigenvalue weighted by atomic mass is 79.9. The zero-order valence-corrected chi connectivity index (χ0v) is 12.8. The predicted molar refractivity (Wildman–Crippen MR) is 78.3 cm³/mol. The zero-order valence-electron chi connectivity index (χ0n) is 11.2. The zero-order chi connectivity index (χ0) is 13.5. The Morgan fingerprint density at radius 3 is 2.56 bits per heavy atom. The maximum Gasteiger partial charge on any atom is 0.236 e. The molecule has 0 aliphatic rings. The number of benzene rings is 1. The van der Waals surface area contributed by atoms with Crippen LogP contribution < -0.4 is 10.6 Å². The number of hydrogen-bond acceptors (Lipinski definition) is 2. The molecule has 1 amide bonds. The monoisotopic (exact) mass is 312 g/mol. The van der Waals surface area contributed by atoms with Crippen LogP contribution in [0.3, 0.4) is 0 Å². The highest BCUT2D eigenvalue weighted by Gasteiger charge is 2.12. The molecule has 0 aliphatic carbocycles. The topological polar surface area (TPSA) is 41.1 Å². The molecule has 0 radical (unpaired) electrons. The molecule has 0 aliphatic heterocycles. The Morgan fingerprint density at radius 2 is 1.94 bits per heavy atom. The van der Waals surface area contributed by atoms with Crippen LogP contribution in [0.25, 0.3) is 0 Å². The second kappa shape index (κ2) is 7.54. The summed E-state index contributed by atoms with van der Waals surface area (Å²) in [6.07, 6.45) is 0. The molecule has 1 aromatic carbocycles. The number of rotatable bonds is 6. The van der Waals surface area contributed by atoms with Gasteiger partial charge in [-0.3, -0.25) is 4.79 Å². The SMILES string of the molecule is CC(C)CNC(=O)C(C)NCc1ccccc1Br. The van der Waals surface area contributed by atoms with E-state index in [-0.39, 0.29) is 11.9 Å². The Hall–Kier alpha value is -0.870. The number of carbonyl (C=O) groups excluding carboxylic acids is 1. The van der Waals surface area contributed by atoms with Gasteiger partial charge in [0.05, 0.1) is 6.04 Å². The van der Waals surface area contributed by atoms with Crippen molar-refractivity contribution in [2.75, 3.05) is 6.54 Å². The van der Waals surface area contributed by atoms with Crippen LogP contribution in [0.15, 0.2) is 28.7 Å². The van der Waals surface area contributed by atoms with E-state index < -0.39 is 0 Å². The normalized spacial score (nSPS) is 12.5. The second-order valence-corrected chi connectivity index (χ2v) is 5.69. The summed E-state index contributed by atoms with van der Waals surface area (Å²) < 4.78 is 1.06. The van der Waals surface area contributed by atoms with Gasteiger partial charge in [-0.1, -0.05) is 48.0 Å². The molecule has 0 aromatic heterocycles. The van der Waals surface area contributed by atoms with Crippen LogP contribution in [0.2, 0.25) is 0 Å². The molecule has 4 heteroatoms. The number of amides is 1. The molecule has 1 rings (SSSR count). The minimum atomic E-state index is -0.184. The first kappa shape index (κ1) is 15.2. The molecular weight excluding hydrogens is 292 g/mol. The van der Waals surface area contributed by atoms with Gasteiger partial charge in [0.2, 0.25) is 5.91 Å². The molecule has 1 atom stereocenters. The summed E-state index contributed by atoms with van der Waals surface area (Å²) in [4.78, 5) is 11.8. The van der Waals surface area contributed by atoms with Crippen molar-refractivity contribution in [1.29, 1.82) is 0 Å². The van der Waals surface area contributed by atoms with Crippen LogP contribution in [0.1, 0.15) is 26.3 Å². The minimum absolute atomic E-state index is 0.0516. The van der Waals surface area contributed by atoms with E-state index in [1.54, 1.807) is 0 Å².